The summed E-state index contributed by atoms with van der Waals surface area (Å²) in [6, 6.07) is 2.11. The first-order valence-corrected chi connectivity index (χ1v) is 3.78. The monoisotopic (exact) mass is 207 g/mol. The van der Waals surface area contributed by atoms with Crippen LogP contribution >= 0.6 is 0 Å². The topological polar surface area (TPSA) is 42.4 Å². The SMILES string of the molecule is CC(O)c1cc(OC(F)(F)F)ccn1. The number of halogens is 3. The van der Waals surface area contributed by atoms with E-state index in [1.807, 2.05) is 0 Å². The molecule has 0 spiro atoms. The van der Waals surface area contributed by atoms with E-state index in [0.29, 0.717) is 0 Å². The summed E-state index contributed by atoms with van der Waals surface area (Å²) < 4.78 is 38.9. The summed E-state index contributed by atoms with van der Waals surface area (Å²) in [5, 5.41) is 9.05. The minimum Gasteiger partial charge on any atom is -0.406 e. The van der Waals surface area contributed by atoms with Crippen molar-refractivity contribution in [3.05, 3.63) is 24.0 Å². The number of pyridine rings is 1. The minimum absolute atomic E-state index is 0.131. The summed E-state index contributed by atoms with van der Waals surface area (Å²) in [6.45, 7) is 1.40. The maximum absolute atomic E-state index is 11.8. The quantitative estimate of drug-likeness (QED) is 0.806. The summed E-state index contributed by atoms with van der Waals surface area (Å²) in [4.78, 5) is 3.67. The summed E-state index contributed by atoms with van der Waals surface area (Å²) in [5.74, 6) is -0.386. The van der Waals surface area contributed by atoms with Gasteiger partial charge in [0, 0.05) is 12.3 Å². The van der Waals surface area contributed by atoms with Gasteiger partial charge in [-0.25, -0.2) is 0 Å². The van der Waals surface area contributed by atoms with Gasteiger partial charge >= 0.3 is 6.36 Å². The van der Waals surface area contributed by atoms with Crippen LogP contribution in [0.1, 0.15) is 18.7 Å². The van der Waals surface area contributed by atoms with Crippen LogP contribution in [0.15, 0.2) is 18.3 Å². The Morgan fingerprint density at radius 3 is 2.64 bits per heavy atom. The molecule has 0 aliphatic rings. The molecule has 14 heavy (non-hydrogen) atoms. The van der Waals surface area contributed by atoms with Crippen LogP contribution in [0.4, 0.5) is 13.2 Å². The number of hydrogen-bond donors (Lipinski definition) is 1. The van der Waals surface area contributed by atoms with E-state index in [9.17, 15) is 13.2 Å². The zero-order valence-corrected chi connectivity index (χ0v) is 7.25. The Balaban J connectivity index is 2.84. The molecule has 1 rings (SSSR count). The number of aliphatic hydroxyl groups is 1. The summed E-state index contributed by atoms with van der Waals surface area (Å²) in [5.41, 5.74) is 0.131. The van der Waals surface area contributed by atoms with Crippen LogP contribution < -0.4 is 4.74 Å². The van der Waals surface area contributed by atoms with E-state index >= 15 is 0 Å². The van der Waals surface area contributed by atoms with E-state index < -0.39 is 12.5 Å². The van der Waals surface area contributed by atoms with Gasteiger partial charge in [0.25, 0.3) is 0 Å². The number of ether oxygens (including phenoxy) is 1. The lowest BCUT2D eigenvalue weighted by Crippen LogP contribution is -2.17. The van der Waals surface area contributed by atoms with Crippen LogP contribution in [0.25, 0.3) is 0 Å². The molecule has 1 unspecified atom stereocenters. The number of hydrogen-bond acceptors (Lipinski definition) is 3. The van der Waals surface area contributed by atoms with Gasteiger partial charge in [-0.15, -0.1) is 13.2 Å². The molecule has 0 radical (unpaired) electrons. The number of nitrogens with zero attached hydrogens (tertiary/aromatic N) is 1. The first-order chi connectivity index (χ1) is 6.38. The van der Waals surface area contributed by atoms with Crippen LogP contribution in [0, 0.1) is 0 Å². The highest BCUT2D eigenvalue weighted by Gasteiger charge is 2.31. The lowest BCUT2D eigenvalue weighted by Gasteiger charge is -2.10. The van der Waals surface area contributed by atoms with E-state index in [0.717, 1.165) is 18.3 Å². The second-order valence-electron chi connectivity index (χ2n) is 2.64. The summed E-state index contributed by atoms with van der Waals surface area (Å²) >= 11 is 0. The fraction of sp³-hybridized carbons (Fsp3) is 0.375. The van der Waals surface area contributed by atoms with E-state index in [1.54, 1.807) is 0 Å². The van der Waals surface area contributed by atoms with Gasteiger partial charge in [0.2, 0.25) is 0 Å². The molecule has 1 aromatic heterocycles. The molecule has 1 N–H and O–H groups in total. The van der Waals surface area contributed by atoms with E-state index in [1.165, 1.54) is 6.92 Å². The van der Waals surface area contributed by atoms with Crippen molar-refractivity contribution >= 4 is 0 Å². The zero-order chi connectivity index (χ0) is 10.8. The molecule has 0 saturated heterocycles. The van der Waals surface area contributed by atoms with Crippen molar-refractivity contribution in [2.45, 2.75) is 19.4 Å². The molecule has 0 aliphatic heterocycles. The Labute approximate surface area is 78.2 Å². The van der Waals surface area contributed by atoms with Crippen molar-refractivity contribution in [2.24, 2.45) is 0 Å². The molecule has 78 valence electrons. The van der Waals surface area contributed by atoms with Gasteiger partial charge in [-0.1, -0.05) is 0 Å². The maximum atomic E-state index is 11.8. The lowest BCUT2D eigenvalue weighted by atomic mass is 10.2. The average Bonchev–Trinajstić information content (AvgIpc) is 2.01. The predicted molar refractivity (Wildman–Crippen MR) is 41.6 cm³/mol. The Morgan fingerprint density at radius 1 is 1.50 bits per heavy atom. The lowest BCUT2D eigenvalue weighted by molar-refractivity contribution is -0.274. The van der Waals surface area contributed by atoms with Gasteiger partial charge in [-0.05, 0) is 13.0 Å². The van der Waals surface area contributed by atoms with Gasteiger partial charge in [0.15, 0.2) is 0 Å². The van der Waals surface area contributed by atoms with Gasteiger partial charge in [0.1, 0.15) is 5.75 Å². The third kappa shape index (κ3) is 3.21. The third-order valence-corrected chi connectivity index (χ3v) is 1.41. The molecular formula is C8H8F3NO2. The van der Waals surface area contributed by atoms with Crippen molar-refractivity contribution in [1.29, 1.82) is 0 Å². The van der Waals surface area contributed by atoms with Gasteiger partial charge < -0.3 is 9.84 Å². The molecule has 0 aliphatic carbocycles. The predicted octanol–water partition coefficient (Wildman–Crippen LogP) is 2.03. The Hall–Kier alpha value is -1.30. The normalized spacial score (nSPS) is 13.8. The maximum Gasteiger partial charge on any atom is 0.573 e. The number of alkyl halides is 3. The molecule has 1 heterocycles. The van der Waals surface area contributed by atoms with Gasteiger partial charge in [0.05, 0.1) is 11.8 Å². The van der Waals surface area contributed by atoms with Crippen LogP contribution in [0.2, 0.25) is 0 Å². The van der Waals surface area contributed by atoms with Crippen molar-refractivity contribution in [2.75, 3.05) is 0 Å². The van der Waals surface area contributed by atoms with Crippen LogP contribution in [-0.2, 0) is 0 Å². The molecular weight excluding hydrogens is 199 g/mol. The Morgan fingerprint density at radius 2 is 2.14 bits per heavy atom. The second kappa shape index (κ2) is 3.83. The fourth-order valence-electron chi connectivity index (χ4n) is 0.854. The summed E-state index contributed by atoms with van der Waals surface area (Å²) in [7, 11) is 0. The molecule has 0 aromatic carbocycles. The fourth-order valence-corrected chi connectivity index (χ4v) is 0.854. The number of aliphatic hydroxyl groups excluding tert-OH is 1. The Bertz CT molecular complexity index is 312. The molecule has 3 nitrogen and oxygen atoms in total. The van der Waals surface area contributed by atoms with Crippen molar-refractivity contribution < 1.29 is 23.0 Å². The second-order valence-corrected chi connectivity index (χ2v) is 2.64. The zero-order valence-electron chi connectivity index (χ0n) is 7.25. The highest BCUT2D eigenvalue weighted by Crippen LogP contribution is 2.23. The van der Waals surface area contributed by atoms with Crippen LogP contribution in [0.3, 0.4) is 0 Å². The smallest absolute Gasteiger partial charge is 0.406 e. The minimum atomic E-state index is -4.72. The summed E-state index contributed by atoms with van der Waals surface area (Å²) in [6.07, 6.45) is -4.51. The Kier molecular flexibility index (Phi) is 2.95. The molecule has 1 atom stereocenters. The molecule has 0 amide bonds. The number of rotatable bonds is 2. The first-order valence-electron chi connectivity index (χ1n) is 3.78. The highest BCUT2D eigenvalue weighted by atomic mass is 19.4. The van der Waals surface area contributed by atoms with E-state index in [4.69, 9.17) is 5.11 Å². The average molecular weight is 207 g/mol. The van der Waals surface area contributed by atoms with E-state index in [2.05, 4.69) is 9.72 Å². The molecule has 0 saturated carbocycles. The van der Waals surface area contributed by atoms with Crippen molar-refractivity contribution in [3.8, 4) is 5.75 Å². The highest BCUT2D eigenvalue weighted by molar-refractivity contribution is 5.23. The molecule has 6 heteroatoms. The number of aromatic nitrogens is 1. The van der Waals surface area contributed by atoms with Crippen LogP contribution in [-0.4, -0.2) is 16.5 Å². The third-order valence-electron chi connectivity index (χ3n) is 1.41. The van der Waals surface area contributed by atoms with E-state index in [-0.39, 0.29) is 11.4 Å². The van der Waals surface area contributed by atoms with Gasteiger partial charge in [-0.3, -0.25) is 4.98 Å². The first kappa shape index (κ1) is 10.8. The van der Waals surface area contributed by atoms with Crippen LogP contribution in [0.5, 0.6) is 5.75 Å². The van der Waals surface area contributed by atoms with Crippen molar-refractivity contribution in [1.82, 2.24) is 4.98 Å². The molecule has 1 aromatic rings. The van der Waals surface area contributed by atoms with Crippen molar-refractivity contribution in [3.63, 3.8) is 0 Å². The molecule has 0 fully saturated rings. The molecule has 0 bridgehead atoms. The largest absolute Gasteiger partial charge is 0.573 e. The standard InChI is InChI=1S/C8H8F3NO2/c1-5(13)7-4-6(2-3-12-7)14-8(9,10)11/h2-5,13H,1H3. The van der Waals surface area contributed by atoms with Gasteiger partial charge in [-0.2, -0.15) is 0 Å².